The number of aliphatic hydroxyl groups is 1. The minimum Gasteiger partial charge on any atom is -0.396 e. The van der Waals surface area contributed by atoms with Crippen molar-refractivity contribution in [1.29, 1.82) is 0 Å². The summed E-state index contributed by atoms with van der Waals surface area (Å²) >= 11 is 3.29. The van der Waals surface area contributed by atoms with Gasteiger partial charge in [-0.25, -0.2) is 0 Å². The molecule has 0 bridgehead atoms. The zero-order chi connectivity index (χ0) is 10.7. The number of hydrogen-bond donors (Lipinski definition) is 1. The summed E-state index contributed by atoms with van der Waals surface area (Å²) in [5.74, 6) is -0.107. The van der Waals surface area contributed by atoms with Crippen LogP contribution in [-0.4, -0.2) is 16.6 Å². The van der Waals surface area contributed by atoms with Gasteiger partial charge >= 0.3 is 0 Å². The van der Waals surface area contributed by atoms with Crippen LogP contribution in [0.5, 0.6) is 0 Å². The molecule has 14 heavy (non-hydrogen) atoms. The van der Waals surface area contributed by atoms with Crippen molar-refractivity contribution in [2.24, 2.45) is 0 Å². The zero-order valence-electron chi connectivity index (χ0n) is 7.61. The third kappa shape index (κ3) is 2.30. The molecule has 0 radical (unpaired) electrons. The van der Waals surface area contributed by atoms with Crippen LogP contribution in [0.4, 0.5) is 5.69 Å². The number of rotatable bonds is 3. The molecule has 0 aliphatic heterocycles. The lowest BCUT2D eigenvalue weighted by Crippen LogP contribution is -2.01. The zero-order valence-corrected chi connectivity index (χ0v) is 9.19. The minimum atomic E-state index is -0.444. The van der Waals surface area contributed by atoms with Gasteiger partial charge in [0.1, 0.15) is 0 Å². The fourth-order valence-electron chi connectivity index (χ4n) is 1.12. The van der Waals surface area contributed by atoms with Gasteiger partial charge in [0.2, 0.25) is 0 Å². The molecule has 0 saturated heterocycles. The van der Waals surface area contributed by atoms with Crippen LogP contribution in [0.3, 0.4) is 0 Å². The fraction of sp³-hybridized carbons (Fsp3) is 0.333. The van der Waals surface area contributed by atoms with E-state index in [-0.39, 0.29) is 18.2 Å². The summed E-state index contributed by atoms with van der Waals surface area (Å²) in [5, 5.41) is 19.5. The summed E-state index contributed by atoms with van der Waals surface area (Å²) in [4.78, 5) is 10.1. The highest BCUT2D eigenvalue weighted by Gasteiger charge is 2.13. The molecule has 5 heteroatoms. The molecule has 1 aromatic carbocycles. The first kappa shape index (κ1) is 11.1. The van der Waals surface area contributed by atoms with Crippen LogP contribution < -0.4 is 0 Å². The Hall–Kier alpha value is -0.940. The van der Waals surface area contributed by atoms with Gasteiger partial charge in [-0.3, -0.25) is 10.1 Å². The second-order valence-electron chi connectivity index (χ2n) is 3.05. The van der Waals surface area contributed by atoms with Crippen LogP contribution in [0, 0.1) is 10.1 Å². The number of non-ortho nitro benzene ring substituents is 1. The SMILES string of the molecule is CC(CO)c1cc([N+](=O)[O-])ccc1Br. The maximum absolute atomic E-state index is 10.5. The second-order valence-corrected chi connectivity index (χ2v) is 3.90. The second kappa shape index (κ2) is 4.52. The van der Waals surface area contributed by atoms with Gasteiger partial charge in [-0.15, -0.1) is 0 Å². The maximum atomic E-state index is 10.5. The van der Waals surface area contributed by atoms with Gasteiger partial charge in [-0.2, -0.15) is 0 Å². The maximum Gasteiger partial charge on any atom is 0.269 e. The van der Waals surface area contributed by atoms with Gasteiger partial charge < -0.3 is 5.11 Å². The molecule has 0 aliphatic carbocycles. The number of nitro groups is 1. The van der Waals surface area contributed by atoms with Crippen LogP contribution in [0.2, 0.25) is 0 Å². The van der Waals surface area contributed by atoms with Crippen LogP contribution in [0.1, 0.15) is 18.4 Å². The predicted molar refractivity (Wildman–Crippen MR) is 56.3 cm³/mol. The molecule has 1 atom stereocenters. The van der Waals surface area contributed by atoms with Crippen molar-refractivity contribution in [2.45, 2.75) is 12.8 Å². The van der Waals surface area contributed by atoms with E-state index in [2.05, 4.69) is 15.9 Å². The van der Waals surface area contributed by atoms with E-state index < -0.39 is 4.92 Å². The molecule has 0 aromatic heterocycles. The molecule has 1 N–H and O–H groups in total. The summed E-state index contributed by atoms with van der Waals surface area (Å²) in [6.07, 6.45) is 0. The largest absolute Gasteiger partial charge is 0.396 e. The number of nitrogens with zero attached hydrogens (tertiary/aromatic N) is 1. The standard InChI is InChI=1S/C9H10BrNO3/c1-6(5-12)8-4-7(11(13)14)2-3-9(8)10/h2-4,6,12H,5H2,1H3. The van der Waals surface area contributed by atoms with E-state index >= 15 is 0 Å². The number of nitro benzene ring substituents is 1. The van der Waals surface area contributed by atoms with Crippen LogP contribution in [0.15, 0.2) is 22.7 Å². The third-order valence-corrected chi connectivity index (χ3v) is 2.72. The van der Waals surface area contributed by atoms with Crippen molar-refractivity contribution >= 4 is 21.6 Å². The molecule has 0 spiro atoms. The van der Waals surface area contributed by atoms with Crippen LogP contribution in [0.25, 0.3) is 0 Å². The third-order valence-electron chi connectivity index (χ3n) is 2.00. The molecule has 76 valence electrons. The smallest absolute Gasteiger partial charge is 0.269 e. The molecule has 0 fully saturated rings. The van der Waals surface area contributed by atoms with Crippen molar-refractivity contribution in [3.8, 4) is 0 Å². The molecule has 0 aliphatic rings. The molecule has 0 heterocycles. The van der Waals surface area contributed by atoms with Crippen molar-refractivity contribution in [2.75, 3.05) is 6.61 Å². The number of aliphatic hydroxyl groups excluding tert-OH is 1. The Labute approximate surface area is 89.8 Å². The van der Waals surface area contributed by atoms with Crippen molar-refractivity contribution in [3.05, 3.63) is 38.3 Å². The molecule has 1 rings (SSSR count). The predicted octanol–water partition coefficient (Wildman–Crippen LogP) is 2.45. The minimum absolute atomic E-state index is 0.0280. The lowest BCUT2D eigenvalue weighted by Gasteiger charge is -2.09. The van der Waals surface area contributed by atoms with Gasteiger partial charge in [-0.05, 0) is 11.6 Å². The van der Waals surface area contributed by atoms with E-state index in [0.717, 1.165) is 10.0 Å². The Morgan fingerprint density at radius 2 is 2.29 bits per heavy atom. The first-order valence-corrected chi connectivity index (χ1v) is 4.90. The Bertz CT molecular complexity index is 354. The Morgan fingerprint density at radius 3 is 2.79 bits per heavy atom. The van der Waals surface area contributed by atoms with E-state index in [1.807, 2.05) is 6.92 Å². The molecule has 0 saturated carbocycles. The molecule has 1 unspecified atom stereocenters. The Morgan fingerprint density at radius 1 is 1.64 bits per heavy atom. The summed E-state index contributed by atoms with van der Waals surface area (Å²) in [7, 11) is 0. The summed E-state index contributed by atoms with van der Waals surface area (Å²) in [6, 6.07) is 4.53. The van der Waals surface area contributed by atoms with Crippen molar-refractivity contribution in [3.63, 3.8) is 0 Å². The van der Waals surface area contributed by atoms with E-state index in [9.17, 15) is 10.1 Å². The number of benzene rings is 1. The molecular formula is C9H10BrNO3. The van der Waals surface area contributed by atoms with Gasteiger partial charge in [0.15, 0.2) is 0 Å². The highest BCUT2D eigenvalue weighted by molar-refractivity contribution is 9.10. The van der Waals surface area contributed by atoms with E-state index in [1.54, 1.807) is 6.07 Å². The lowest BCUT2D eigenvalue weighted by molar-refractivity contribution is -0.384. The fourth-order valence-corrected chi connectivity index (χ4v) is 1.76. The normalized spacial score (nSPS) is 12.5. The van der Waals surface area contributed by atoms with Gasteiger partial charge in [-0.1, -0.05) is 22.9 Å². The Kier molecular flexibility index (Phi) is 3.60. The molecular weight excluding hydrogens is 250 g/mol. The average molecular weight is 260 g/mol. The molecule has 1 aromatic rings. The molecule has 4 nitrogen and oxygen atoms in total. The molecule has 0 amide bonds. The van der Waals surface area contributed by atoms with Crippen molar-refractivity contribution < 1.29 is 10.0 Å². The quantitative estimate of drug-likeness (QED) is 0.670. The highest BCUT2D eigenvalue weighted by atomic mass is 79.9. The van der Waals surface area contributed by atoms with E-state index in [1.165, 1.54) is 12.1 Å². The summed E-state index contributed by atoms with van der Waals surface area (Å²) < 4.78 is 0.782. The van der Waals surface area contributed by atoms with Crippen LogP contribution >= 0.6 is 15.9 Å². The monoisotopic (exact) mass is 259 g/mol. The van der Waals surface area contributed by atoms with Gasteiger partial charge in [0, 0.05) is 29.1 Å². The average Bonchev–Trinajstić information content (AvgIpc) is 2.17. The van der Waals surface area contributed by atoms with Gasteiger partial charge in [0.25, 0.3) is 5.69 Å². The van der Waals surface area contributed by atoms with Crippen molar-refractivity contribution in [1.82, 2.24) is 0 Å². The van der Waals surface area contributed by atoms with E-state index in [4.69, 9.17) is 5.11 Å². The van der Waals surface area contributed by atoms with Gasteiger partial charge in [0.05, 0.1) is 4.92 Å². The van der Waals surface area contributed by atoms with E-state index in [0.29, 0.717) is 0 Å². The number of halogens is 1. The number of hydrogen-bond acceptors (Lipinski definition) is 3. The Balaban J connectivity index is 3.14. The highest BCUT2D eigenvalue weighted by Crippen LogP contribution is 2.28. The lowest BCUT2D eigenvalue weighted by atomic mass is 10.0. The summed E-state index contributed by atoms with van der Waals surface area (Å²) in [5.41, 5.74) is 0.796. The first-order chi connectivity index (χ1) is 6.56. The summed E-state index contributed by atoms with van der Waals surface area (Å²) in [6.45, 7) is 1.78. The first-order valence-electron chi connectivity index (χ1n) is 4.11. The van der Waals surface area contributed by atoms with Crippen LogP contribution in [-0.2, 0) is 0 Å². The topological polar surface area (TPSA) is 63.4 Å².